The first-order chi connectivity index (χ1) is 12.0. The SMILES string of the molecule is Cc1c(O)cccc1C(C=O)(c1ccccc1)c1cccc(O)c1C. The summed E-state index contributed by atoms with van der Waals surface area (Å²) in [6.45, 7) is 3.59. The van der Waals surface area contributed by atoms with Crippen LogP contribution in [-0.4, -0.2) is 16.5 Å². The Hall–Kier alpha value is -3.07. The van der Waals surface area contributed by atoms with Crippen molar-refractivity contribution in [1.29, 1.82) is 0 Å². The van der Waals surface area contributed by atoms with Crippen LogP contribution in [0.1, 0.15) is 27.8 Å². The predicted octanol–water partition coefficient (Wildman–Crippen LogP) is 4.25. The molecular weight excluding hydrogens is 312 g/mol. The van der Waals surface area contributed by atoms with Crippen LogP contribution in [0.2, 0.25) is 0 Å². The number of rotatable bonds is 4. The number of aromatic hydroxyl groups is 2. The van der Waals surface area contributed by atoms with Crippen LogP contribution in [0, 0.1) is 13.8 Å². The Kier molecular flexibility index (Phi) is 4.32. The van der Waals surface area contributed by atoms with Crippen LogP contribution >= 0.6 is 0 Å². The van der Waals surface area contributed by atoms with E-state index in [0.717, 1.165) is 11.8 Å². The standard InChI is InChI=1S/C22H20O3/c1-15-18(10-6-12-20(15)24)22(14-23,17-8-4-3-5-9-17)19-11-7-13-21(25)16(19)2/h3-14,24-25H,1-2H3. The highest BCUT2D eigenvalue weighted by atomic mass is 16.3. The first-order valence-corrected chi connectivity index (χ1v) is 8.12. The second-order valence-corrected chi connectivity index (χ2v) is 6.19. The smallest absolute Gasteiger partial charge is 0.139 e. The highest BCUT2D eigenvalue weighted by molar-refractivity contribution is 5.83. The second kappa shape index (κ2) is 6.44. The highest BCUT2D eigenvalue weighted by Crippen LogP contribution is 2.43. The van der Waals surface area contributed by atoms with E-state index in [0.29, 0.717) is 22.3 Å². The van der Waals surface area contributed by atoms with Gasteiger partial charge in [-0.2, -0.15) is 0 Å². The Morgan fingerprint density at radius 2 is 1.20 bits per heavy atom. The van der Waals surface area contributed by atoms with Gasteiger partial charge in [-0.25, -0.2) is 0 Å². The number of benzene rings is 3. The molecule has 0 spiro atoms. The number of hydrogen-bond acceptors (Lipinski definition) is 3. The van der Waals surface area contributed by atoms with Gasteiger partial charge >= 0.3 is 0 Å². The summed E-state index contributed by atoms with van der Waals surface area (Å²) in [7, 11) is 0. The van der Waals surface area contributed by atoms with Gasteiger partial charge in [-0.05, 0) is 53.8 Å². The molecule has 3 aromatic carbocycles. The van der Waals surface area contributed by atoms with Crippen LogP contribution in [0.3, 0.4) is 0 Å². The quantitative estimate of drug-likeness (QED) is 0.555. The van der Waals surface area contributed by atoms with E-state index >= 15 is 0 Å². The first kappa shape index (κ1) is 16.8. The molecule has 25 heavy (non-hydrogen) atoms. The zero-order chi connectivity index (χ0) is 18.0. The molecule has 2 N–H and O–H groups in total. The van der Waals surface area contributed by atoms with Gasteiger partial charge in [0.2, 0.25) is 0 Å². The van der Waals surface area contributed by atoms with Crippen LogP contribution < -0.4 is 0 Å². The molecule has 126 valence electrons. The fourth-order valence-corrected chi connectivity index (χ4v) is 3.45. The summed E-state index contributed by atoms with van der Waals surface area (Å²) >= 11 is 0. The monoisotopic (exact) mass is 332 g/mol. The van der Waals surface area contributed by atoms with Gasteiger partial charge in [-0.15, -0.1) is 0 Å². The van der Waals surface area contributed by atoms with E-state index < -0.39 is 5.41 Å². The number of phenols is 2. The van der Waals surface area contributed by atoms with E-state index in [9.17, 15) is 15.0 Å². The molecule has 0 heterocycles. The second-order valence-electron chi connectivity index (χ2n) is 6.19. The van der Waals surface area contributed by atoms with Gasteiger partial charge in [0.15, 0.2) is 0 Å². The van der Waals surface area contributed by atoms with Crippen molar-refractivity contribution in [1.82, 2.24) is 0 Å². The van der Waals surface area contributed by atoms with Gasteiger partial charge in [0.1, 0.15) is 23.2 Å². The van der Waals surface area contributed by atoms with Crippen LogP contribution in [0.5, 0.6) is 11.5 Å². The van der Waals surface area contributed by atoms with Crippen molar-refractivity contribution in [2.45, 2.75) is 19.3 Å². The zero-order valence-corrected chi connectivity index (χ0v) is 14.2. The van der Waals surface area contributed by atoms with Crippen LogP contribution in [0.4, 0.5) is 0 Å². The van der Waals surface area contributed by atoms with Crippen molar-refractivity contribution in [3.8, 4) is 11.5 Å². The lowest BCUT2D eigenvalue weighted by Crippen LogP contribution is -2.33. The number of aldehydes is 1. The van der Waals surface area contributed by atoms with E-state index in [1.54, 1.807) is 38.1 Å². The van der Waals surface area contributed by atoms with Crippen molar-refractivity contribution in [3.05, 3.63) is 94.5 Å². The molecule has 0 aromatic heterocycles. The van der Waals surface area contributed by atoms with Crippen molar-refractivity contribution >= 4 is 6.29 Å². The molecule has 3 heteroatoms. The normalized spacial score (nSPS) is 11.3. The molecule has 0 unspecified atom stereocenters. The average molecular weight is 332 g/mol. The first-order valence-electron chi connectivity index (χ1n) is 8.12. The third-order valence-electron chi connectivity index (χ3n) is 4.87. The molecule has 0 aliphatic rings. The highest BCUT2D eigenvalue weighted by Gasteiger charge is 2.39. The molecule has 0 atom stereocenters. The molecule has 0 bridgehead atoms. The summed E-state index contributed by atoms with van der Waals surface area (Å²) in [6.07, 6.45) is 0.895. The molecule has 0 saturated carbocycles. The van der Waals surface area contributed by atoms with Gasteiger partial charge in [0.05, 0.1) is 0 Å². The molecular formula is C22H20O3. The van der Waals surface area contributed by atoms with Gasteiger partial charge in [0.25, 0.3) is 0 Å². The van der Waals surface area contributed by atoms with E-state index in [1.165, 1.54) is 0 Å². The Morgan fingerprint density at radius 3 is 1.64 bits per heavy atom. The molecule has 0 aliphatic heterocycles. The van der Waals surface area contributed by atoms with Crippen molar-refractivity contribution in [3.63, 3.8) is 0 Å². The van der Waals surface area contributed by atoms with Gasteiger partial charge < -0.3 is 15.0 Å². The Bertz CT molecular complexity index is 862. The lowest BCUT2D eigenvalue weighted by atomic mass is 9.68. The summed E-state index contributed by atoms with van der Waals surface area (Å²) < 4.78 is 0. The summed E-state index contributed by atoms with van der Waals surface area (Å²) in [5.74, 6) is 0.273. The molecule has 0 fully saturated rings. The van der Waals surface area contributed by atoms with E-state index in [4.69, 9.17) is 0 Å². The summed E-state index contributed by atoms with van der Waals surface area (Å²) in [5.41, 5.74) is 2.34. The van der Waals surface area contributed by atoms with E-state index in [1.807, 2.05) is 42.5 Å². The minimum atomic E-state index is -1.12. The Morgan fingerprint density at radius 1 is 0.720 bits per heavy atom. The van der Waals surface area contributed by atoms with Gasteiger partial charge in [0, 0.05) is 0 Å². The van der Waals surface area contributed by atoms with E-state index in [2.05, 4.69) is 0 Å². The third-order valence-corrected chi connectivity index (χ3v) is 4.87. The molecule has 0 saturated heterocycles. The lowest BCUT2D eigenvalue weighted by Gasteiger charge is -2.33. The van der Waals surface area contributed by atoms with Crippen LogP contribution in [0.25, 0.3) is 0 Å². The summed E-state index contributed by atoms with van der Waals surface area (Å²) in [5, 5.41) is 20.4. The number of hydrogen-bond donors (Lipinski definition) is 2. The minimum Gasteiger partial charge on any atom is -0.508 e. The fourth-order valence-electron chi connectivity index (χ4n) is 3.45. The maximum absolute atomic E-state index is 12.6. The molecule has 0 amide bonds. The lowest BCUT2D eigenvalue weighted by molar-refractivity contribution is -0.110. The average Bonchev–Trinajstić information content (AvgIpc) is 2.63. The van der Waals surface area contributed by atoms with Gasteiger partial charge in [-0.1, -0.05) is 54.6 Å². The number of phenolic OH excluding ortho intramolecular Hbond substituents is 2. The molecule has 0 aliphatic carbocycles. The third kappa shape index (κ3) is 2.58. The molecule has 3 aromatic rings. The van der Waals surface area contributed by atoms with E-state index in [-0.39, 0.29) is 11.5 Å². The van der Waals surface area contributed by atoms with Crippen LogP contribution in [-0.2, 0) is 10.2 Å². The number of carbonyl (C=O) groups excluding carboxylic acids is 1. The largest absolute Gasteiger partial charge is 0.508 e. The maximum atomic E-state index is 12.6. The predicted molar refractivity (Wildman–Crippen MR) is 98.1 cm³/mol. The zero-order valence-electron chi connectivity index (χ0n) is 14.2. The van der Waals surface area contributed by atoms with Crippen molar-refractivity contribution in [2.75, 3.05) is 0 Å². The summed E-state index contributed by atoms with van der Waals surface area (Å²) in [6, 6.07) is 19.8. The fraction of sp³-hybridized carbons (Fsp3) is 0.136. The van der Waals surface area contributed by atoms with Crippen molar-refractivity contribution < 1.29 is 15.0 Å². The number of carbonyl (C=O) groups is 1. The molecule has 3 rings (SSSR count). The van der Waals surface area contributed by atoms with Crippen molar-refractivity contribution in [2.24, 2.45) is 0 Å². The topological polar surface area (TPSA) is 57.5 Å². The molecule has 0 radical (unpaired) electrons. The van der Waals surface area contributed by atoms with Gasteiger partial charge in [-0.3, -0.25) is 0 Å². The molecule has 3 nitrogen and oxygen atoms in total. The Balaban J connectivity index is 2.46. The summed E-state index contributed by atoms with van der Waals surface area (Å²) in [4.78, 5) is 12.6. The van der Waals surface area contributed by atoms with Crippen LogP contribution in [0.15, 0.2) is 66.7 Å². The minimum absolute atomic E-state index is 0.137. The maximum Gasteiger partial charge on any atom is 0.139 e. The Labute approximate surface area is 147 Å².